The Bertz CT molecular complexity index is 322. The third kappa shape index (κ3) is 2.53. The van der Waals surface area contributed by atoms with Gasteiger partial charge in [-0.15, -0.1) is 11.3 Å². The lowest BCUT2D eigenvalue weighted by molar-refractivity contribution is -0.147. The standard InChI is InChI=1S/C8H9NO4S/c1-13-8(12)5(4-6(10)11)7-9-2-3-14-7/h2-3,5H,4H2,1H3,(H,10,11). The maximum atomic E-state index is 11.2. The lowest BCUT2D eigenvalue weighted by Crippen LogP contribution is -2.17. The Kier molecular flexibility index (Phi) is 3.58. The summed E-state index contributed by atoms with van der Waals surface area (Å²) in [6.07, 6.45) is 1.23. The van der Waals surface area contributed by atoms with Crippen molar-refractivity contribution < 1.29 is 19.4 Å². The minimum Gasteiger partial charge on any atom is -0.481 e. The molecule has 0 aliphatic heterocycles. The Labute approximate surface area is 84.3 Å². The van der Waals surface area contributed by atoms with Crippen LogP contribution in [0.25, 0.3) is 0 Å². The van der Waals surface area contributed by atoms with Crippen LogP contribution in [-0.2, 0) is 14.3 Å². The quantitative estimate of drug-likeness (QED) is 0.754. The van der Waals surface area contributed by atoms with E-state index in [1.807, 2.05) is 0 Å². The van der Waals surface area contributed by atoms with Gasteiger partial charge in [-0.2, -0.15) is 0 Å². The van der Waals surface area contributed by atoms with Gasteiger partial charge in [-0.1, -0.05) is 0 Å². The smallest absolute Gasteiger partial charge is 0.316 e. The van der Waals surface area contributed by atoms with Gasteiger partial charge in [0.1, 0.15) is 10.9 Å². The summed E-state index contributed by atoms with van der Waals surface area (Å²) in [5, 5.41) is 10.8. The van der Waals surface area contributed by atoms with E-state index in [2.05, 4.69) is 9.72 Å². The highest BCUT2D eigenvalue weighted by molar-refractivity contribution is 7.09. The molecule has 1 rings (SSSR count). The number of thiazole rings is 1. The topological polar surface area (TPSA) is 76.5 Å². The molecule has 6 heteroatoms. The Morgan fingerprint density at radius 1 is 1.71 bits per heavy atom. The van der Waals surface area contributed by atoms with E-state index in [0.717, 1.165) is 0 Å². The van der Waals surface area contributed by atoms with Crippen LogP contribution in [0, 0.1) is 0 Å². The number of hydrogen-bond acceptors (Lipinski definition) is 5. The summed E-state index contributed by atoms with van der Waals surface area (Å²) in [7, 11) is 1.23. The van der Waals surface area contributed by atoms with Crippen LogP contribution in [0.15, 0.2) is 11.6 Å². The minimum atomic E-state index is -1.05. The summed E-state index contributed by atoms with van der Waals surface area (Å²) in [6, 6.07) is 0. The largest absolute Gasteiger partial charge is 0.481 e. The number of aromatic nitrogens is 1. The molecule has 1 aromatic rings. The fraction of sp³-hybridized carbons (Fsp3) is 0.375. The summed E-state index contributed by atoms with van der Waals surface area (Å²) < 4.78 is 4.50. The molecule has 5 nitrogen and oxygen atoms in total. The second-order valence-electron chi connectivity index (χ2n) is 2.54. The number of carbonyl (C=O) groups is 2. The first kappa shape index (κ1) is 10.6. The minimum absolute atomic E-state index is 0.291. The summed E-state index contributed by atoms with van der Waals surface area (Å²) in [6.45, 7) is 0. The normalized spacial score (nSPS) is 12.1. The van der Waals surface area contributed by atoms with Crippen LogP contribution in [0.4, 0.5) is 0 Å². The van der Waals surface area contributed by atoms with Crippen LogP contribution in [-0.4, -0.2) is 29.1 Å². The summed E-state index contributed by atoms with van der Waals surface area (Å²) in [5.74, 6) is -2.41. The number of nitrogens with zero attached hydrogens (tertiary/aromatic N) is 1. The summed E-state index contributed by atoms with van der Waals surface area (Å²) in [4.78, 5) is 25.6. The number of hydrogen-bond donors (Lipinski definition) is 1. The molecule has 0 aliphatic rings. The van der Waals surface area contributed by atoms with Gasteiger partial charge < -0.3 is 9.84 Å². The van der Waals surface area contributed by atoms with Crippen molar-refractivity contribution in [2.45, 2.75) is 12.3 Å². The van der Waals surface area contributed by atoms with E-state index in [-0.39, 0.29) is 6.42 Å². The van der Waals surface area contributed by atoms with Crippen molar-refractivity contribution in [3.63, 3.8) is 0 Å². The maximum absolute atomic E-state index is 11.2. The highest BCUT2D eigenvalue weighted by atomic mass is 32.1. The molecule has 1 N–H and O–H groups in total. The van der Waals surface area contributed by atoms with Crippen molar-refractivity contribution in [2.75, 3.05) is 7.11 Å². The van der Waals surface area contributed by atoms with Gasteiger partial charge in [-0.25, -0.2) is 4.98 Å². The first-order valence-corrected chi connectivity index (χ1v) is 4.72. The number of carboxylic acid groups (broad SMARTS) is 1. The van der Waals surface area contributed by atoms with Crippen molar-refractivity contribution in [2.24, 2.45) is 0 Å². The zero-order chi connectivity index (χ0) is 10.6. The van der Waals surface area contributed by atoms with Gasteiger partial charge in [0.15, 0.2) is 0 Å². The number of esters is 1. The Balaban J connectivity index is 2.82. The summed E-state index contributed by atoms with van der Waals surface area (Å²) in [5.41, 5.74) is 0. The molecule has 0 radical (unpaired) electrons. The molecule has 0 aromatic carbocycles. The molecule has 14 heavy (non-hydrogen) atoms. The van der Waals surface area contributed by atoms with Gasteiger partial charge >= 0.3 is 11.9 Å². The van der Waals surface area contributed by atoms with Gasteiger partial charge in [0.05, 0.1) is 13.5 Å². The van der Waals surface area contributed by atoms with Crippen molar-refractivity contribution in [1.29, 1.82) is 0 Å². The zero-order valence-corrected chi connectivity index (χ0v) is 8.28. The lowest BCUT2D eigenvalue weighted by Gasteiger charge is -2.08. The van der Waals surface area contributed by atoms with Crippen LogP contribution in [0.5, 0.6) is 0 Å². The van der Waals surface area contributed by atoms with Crippen LogP contribution in [0.2, 0.25) is 0 Å². The van der Waals surface area contributed by atoms with E-state index < -0.39 is 17.9 Å². The lowest BCUT2D eigenvalue weighted by atomic mass is 10.1. The zero-order valence-electron chi connectivity index (χ0n) is 7.47. The van der Waals surface area contributed by atoms with E-state index in [0.29, 0.717) is 5.01 Å². The molecule has 0 saturated heterocycles. The maximum Gasteiger partial charge on any atom is 0.316 e. The first-order valence-electron chi connectivity index (χ1n) is 3.84. The summed E-state index contributed by atoms with van der Waals surface area (Å²) >= 11 is 1.24. The monoisotopic (exact) mass is 215 g/mol. The molecule has 1 heterocycles. The number of aliphatic carboxylic acids is 1. The Morgan fingerprint density at radius 3 is 2.86 bits per heavy atom. The Hall–Kier alpha value is -1.43. The SMILES string of the molecule is COC(=O)C(CC(=O)O)c1nccs1. The van der Waals surface area contributed by atoms with E-state index in [1.54, 1.807) is 5.38 Å². The van der Waals surface area contributed by atoms with E-state index in [1.165, 1.54) is 24.6 Å². The van der Waals surface area contributed by atoms with Gasteiger partial charge in [0.2, 0.25) is 0 Å². The number of carboxylic acids is 1. The molecule has 0 aliphatic carbocycles. The van der Waals surface area contributed by atoms with Crippen molar-refractivity contribution in [1.82, 2.24) is 4.98 Å². The van der Waals surface area contributed by atoms with Crippen LogP contribution >= 0.6 is 11.3 Å². The number of ether oxygens (including phenoxy) is 1. The van der Waals surface area contributed by atoms with E-state index >= 15 is 0 Å². The fourth-order valence-electron chi connectivity index (χ4n) is 0.995. The van der Waals surface area contributed by atoms with E-state index in [4.69, 9.17) is 5.11 Å². The molecular weight excluding hydrogens is 206 g/mol. The van der Waals surface area contributed by atoms with Gasteiger partial charge in [0, 0.05) is 11.6 Å². The number of carbonyl (C=O) groups excluding carboxylic acids is 1. The fourth-order valence-corrected chi connectivity index (χ4v) is 1.72. The third-order valence-corrected chi connectivity index (χ3v) is 2.50. The molecule has 0 amide bonds. The predicted molar refractivity (Wildman–Crippen MR) is 49.1 cm³/mol. The van der Waals surface area contributed by atoms with Crippen molar-refractivity contribution in [3.05, 3.63) is 16.6 Å². The molecule has 76 valence electrons. The highest BCUT2D eigenvalue weighted by Gasteiger charge is 2.26. The van der Waals surface area contributed by atoms with Crippen molar-refractivity contribution >= 4 is 23.3 Å². The highest BCUT2D eigenvalue weighted by Crippen LogP contribution is 2.22. The average molecular weight is 215 g/mol. The predicted octanol–water partition coefficient (Wildman–Crippen LogP) is 0.874. The third-order valence-electron chi connectivity index (χ3n) is 1.61. The van der Waals surface area contributed by atoms with E-state index in [9.17, 15) is 9.59 Å². The molecule has 0 fully saturated rings. The van der Waals surface area contributed by atoms with Crippen LogP contribution in [0.3, 0.4) is 0 Å². The molecule has 1 aromatic heterocycles. The molecule has 0 saturated carbocycles. The second-order valence-corrected chi connectivity index (χ2v) is 3.47. The Morgan fingerprint density at radius 2 is 2.43 bits per heavy atom. The van der Waals surface area contributed by atoms with Gasteiger partial charge in [-0.05, 0) is 0 Å². The average Bonchev–Trinajstić information content (AvgIpc) is 2.65. The van der Waals surface area contributed by atoms with Crippen LogP contribution < -0.4 is 0 Å². The van der Waals surface area contributed by atoms with Crippen LogP contribution in [0.1, 0.15) is 17.3 Å². The number of rotatable bonds is 4. The molecule has 1 unspecified atom stereocenters. The van der Waals surface area contributed by atoms with Crippen molar-refractivity contribution in [3.8, 4) is 0 Å². The molecular formula is C8H9NO4S. The van der Waals surface area contributed by atoms with Gasteiger partial charge in [-0.3, -0.25) is 9.59 Å². The van der Waals surface area contributed by atoms with Gasteiger partial charge in [0.25, 0.3) is 0 Å². The second kappa shape index (κ2) is 4.71. The molecule has 0 spiro atoms. The number of methoxy groups -OCH3 is 1. The first-order chi connectivity index (χ1) is 6.65. The molecule has 0 bridgehead atoms. The molecule has 1 atom stereocenters.